The van der Waals surface area contributed by atoms with Crippen molar-refractivity contribution in [1.82, 2.24) is 0 Å². The molecule has 0 rings (SSSR count). The summed E-state index contributed by atoms with van der Waals surface area (Å²) in [4.78, 5) is 0. The van der Waals surface area contributed by atoms with E-state index in [4.69, 9.17) is 17.5 Å². The third-order valence-electron chi connectivity index (χ3n) is 0. The summed E-state index contributed by atoms with van der Waals surface area (Å²) >= 11 is 5.12. The molecule has 0 aliphatic heterocycles. The standard InChI is InChI=1S/2Mn.H2O4S.4H2O.O/c;;1-5(2,3)4;;;;;/h;;(H2,1,2,3,4);4*1H2;/q2*+1;;;;;;/p-2. The average Bonchev–Trinajstić information content (AvgIpc) is 1.27. The maximum atomic E-state index is 8.52. The zero-order valence-corrected chi connectivity index (χ0v) is 8.38. The quantitative estimate of drug-likeness (QED) is 0.243. The molecule has 0 fully saturated rings. The van der Waals surface area contributed by atoms with Gasteiger partial charge in [0, 0.05) is 10.4 Å². The SMILES string of the molecule is O.O.O.O.O=S(=O)([O-])[O-].[Mn+][O][Mn+]. The van der Waals surface area contributed by atoms with E-state index >= 15 is 0 Å². The summed E-state index contributed by atoms with van der Waals surface area (Å²) in [6, 6.07) is 0. The molecule has 12 heavy (non-hydrogen) atoms. The summed E-state index contributed by atoms with van der Waals surface area (Å²) in [7, 11) is -5.17. The Bertz CT molecular complexity index is 106. The first-order valence-electron chi connectivity index (χ1n) is 0.975. The molecule has 0 aromatic heterocycles. The zero-order chi connectivity index (χ0) is 7.21. The minimum absolute atomic E-state index is 0. The van der Waals surface area contributed by atoms with Gasteiger partial charge in [0.25, 0.3) is 0 Å². The molecule has 0 bridgehead atoms. The Morgan fingerprint density at radius 2 is 0.917 bits per heavy atom. The molecule has 0 amide bonds. The van der Waals surface area contributed by atoms with E-state index in [9.17, 15) is 0 Å². The molecule has 9 nitrogen and oxygen atoms in total. The molecule has 0 aliphatic rings. The first-order chi connectivity index (χ1) is 3.41. The molecule has 0 heterocycles. The first kappa shape index (κ1) is 38.7. The predicted molar refractivity (Wildman–Crippen MR) is 26.0 cm³/mol. The molecule has 0 radical (unpaired) electrons. The Morgan fingerprint density at radius 3 is 0.917 bits per heavy atom. The van der Waals surface area contributed by atoms with Crippen molar-refractivity contribution in [2.45, 2.75) is 0 Å². The van der Waals surface area contributed by atoms with Crippen molar-refractivity contribution in [3.8, 4) is 0 Å². The molecule has 0 atom stereocenters. The van der Waals surface area contributed by atoms with Crippen LogP contribution in [0, 0.1) is 0 Å². The van der Waals surface area contributed by atoms with Gasteiger partial charge in [-0.15, -0.1) is 0 Å². The van der Waals surface area contributed by atoms with Crippen LogP contribution in [0.2, 0.25) is 0 Å². The average molecular weight is 294 g/mol. The van der Waals surface area contributed by atoms with Crippen molar-refractivity contribution in [3.05, 3.63) is 0 Å². The molecule has 0 aromatic carbocycles. The molecule has 82 valence electrons. The van der Waals surface area contributed by atoms with Crippen LogP contribution in [-0.2, 0) is 46.0 Å². The van der Waals surface area contributed by atoms with Crippen LogP contribution >= 0.6 is 0 Å². The summed E-state index contributed by atoms with van der Waals surface area (Å²) in [6.07, 6.45) is 0. The number of rotatable bonds is 0. The summed E-state index contributed by atoms with van der Waals surface area (Å²) in [5.41, 5.74) is 0. The Morgan fingerprint density at radius 1 is 0.917 bits per heavy atom. The zero-order valence-electron chi connectivity index (χ0n) is 5.21. The monoisotopic (exact) mass is 294 g/mol. The summed E-state index contributed by atoms with van der Waals surface area (Å²) in [5, 5.41) is 0. The van der Waals surface area contributed by atoms with Crippen molar-refractivity contribution >= 4 is 10.4 Å². The van der Waals surface area contributed by atoms with Crippen LogP contribution in [0.3, 0.4) is 0 Å². The molecule has 0 aromatic rings. The first-order valence-corrected chi connectivity index (χ1v) is 3.27. The van der Waals surface area contributed by atoms with Crippen LogP contribution in [0.1, 0.15) is 0 Å². The van der Waals surface area contributed by atoms with Crippen LogP contribution in [0.25, 0.3) is 0 Å². The van der Waals surface area contributed by atoms with Gasteiger partial charge in [-0.2, -0.15) is 0 Å². The number of hydrogen-bond donors (Lipinski definition) is 0. The molecular weight excluding hydrogens is 286 g/mol. The van der Waals surface area contributed by atoms with Crippen LogP contribution in [-0.4, -0.2) is 39.4 Å². The van der Waals surface area contributed by atoms with Gasteiger partial charge in [-0.25, -0.2) is 0 Å². The molecular formula is H8Mn2O9S. The minimum atomic E-state index is -5.17. The Kier molecular flexibility index (Phi) is 72.9. The van der Waals surface area contributed by atoms with E-state index in [1.807, 2.05) is 0 Å². The van der Waals surface area contributed by atoms with Crippen molar-refractivity contribution in [1.29, 1.82) is 0 Å². The fourth-order valence-corrected chi connectivity index (χ4v) is 0. The normalized spacial score (nSPS) is 6.17. The van der Waals surface area contributed by atoms with E-state index in [2.05, 4.69) is 35.6 Å². The fraction of sp³-hybridized carbons (Fsp3) is 0. The molecule has 12 heteroatoms. The molecule has 8 N–H and O–H groups in total. The van der Waals surface area contributed by atoms with Crippen LogP contribution in [0.15, 0.2) is 0 Å². The fourth-order valence-electron chi connectivity index (χ4n) is 0. The summed E-state index contributed by atoms with van der Waals surface area (Å²) < 4.78 is 38.0. The molecule has 0 saturated heterocycles. The van der Waals surface area contributed by atoms with Gasteiger partial charge in [0.15, 0.2) is 0 Å². The molecule has 0 spiro atoms. The third kappa shape index (κ3) is 2010. The molecule has 0 aliphatic carbocycles. The second-order valence-electron chi connectivity index (χ2n) is 0.467. The van der Waals surface area contributed by atoms with Crippen molar-refractivity contribution < 1.29 is 75.0 Å². The van der Waals surface area contributed by atoms with Crippen molar-refractivity contribution in [2.75, 3.05) is 0 Å². The van der Waals surface area contributed by atoms with E-state index < -0.39 is 10.4 Å². The number of hydrogen-bond acceptors (Lipinski definition) is 5. The Labute approximate surface area is 85.6 Å². The van der Waals surface area contributed by atoms with Gasteiger partial charge in [0.1, 0.15) is 0 Å². The van der Waals surface area contributed by atoms with Gasteiger partial charge in [0.2, 0.25) is 0 Å². The van der Waals surface area contributed by atoms with Crippen LogP contribution in [0.5, 0.6) is 0 Å². The van der Waals surface area contributed by atoms with Gasteiger partial charge < -0.3 is 31.0 Å². The van der Waals surface area contributed by atoms with Gasteiger partial charge in [-0.1, -0.05) is 0 Å². The summed E-state index contributed by atoms with van der Waals surface area (Å²) in [5.74, 6) is 0. The van der Waals surface area contributed by atoms with Gasteiger partial charge in [-0.05, 0) is 0 Å². The third-order valence-corrected chi connectivity index (χ3v) is 0. The Balaban J connectivity index is -0.0000000119. The second-order valence-corrected chi connectivity index (χ2v) is 2.22. The van der Waals surface area contributed by atoms with E-state index in [1.54, 1.807) is 0 Å². The molecule has 0 saturated carbocycles. The van der Waals surface area contributed by atoms with E-state index in [1.165, 1.54) is 0 Å². The Hall–Kier alpha value is 0.709. The van der Waals surface area contributed by atoms with Crippen molar-refractivity contribution in [3.63, 3.8) is 0 Å². The van der Waals surface area contributed by atoms with E-state index in [0.717, 1.165) is 0 Å². The van der Waals surface area contributed by atoms with Crippen LogP contribution < -0.4 is 0 Å². The van der Waals surface area contributed by atoms with E-state index in [0.29, 0.717) is 0 Å². The van der Waals surface area contributed by atoms with Crippen LogP contribution in [0.4, 0.5) is 0 Å². The van der Waals surface area contributed by atoms with Gasteiger partial charge >= 0.3 is 35.6 Å². The van der Waals surface area contributed by atoms with E-state index in [-0.39, 0.29) is 21.9 Å². The van der Waals surface area contributed by atoms with Gasteiger partial charge in [0.05, 0.1) is 0 Å². The van der Waals surface area contributed by atoms with Crippen molar-refractivity contribution in [2.24, 2.45) is 0 Å². The predicted octanol–water partition coefficient (Wildman–Crippen LogP) is -4.71. The topological polar surface area (TPSA) is 215 Å². The molecule has 0 unspecified atom stereocenters. The maximum absolute atomic E-state index is 8.52. The summed E-state index contributed by atoms with van der Waals surface area (Å²) in [6.45, 7) is 0. The van der Waals surface area contributed by atoms with Gasteiger partial charge in [-0.3, -0.25) is 8.42 Å². The second kappa shape index (κ2) is 22.6.